The first-order valence-electron chi connectivity index (χ1n) is 6.34. The average Bonchev–Trinajstić information content (AvgIpc) is 2.86. The van der Waals surface area contributed by atoms with Crippen molar-refractivity contribution in [3.05, 3.63) is 47.5 Å². The topological polar surface area (TPSA) is 35.5 Å². The van der Waals surface area contributed by atoms with Crippen molar-refractivity contribution < 1.29 is 14.3 Å². The number of esters is 1. The van der Waals surface area contributed by atoms with E-state index in [2.05, 4.69) is 12.1 Å². The molecule has 96 valence electrons. The lowest BCUT2D eigenvalue weighted by molar-refractivity contribution is -0.139. The molecule has 0 aliphatic carbocycles. The Morgan fingerprint density at radius 1 is 1.39 bits per heavy atom. The van der Waals surface area contributed by atoms with Gasteiger partial charge in [-0.15, -0.1) is 0 Å². The number of aryl methyl sites for hydroxylation is 1. The molecule has 0 aromatic heterocycles. The van der Waals surface area contributed by atoms with Crippen LogP contribution in [-0.4, -0.2) is 25.3 Å². The minimum absolute atomic E-state index is 0.121. The number of hydrogen-bond acceptors (Lipinski definition) is 3. The lowest BCUT2D eigenvalue weighted by atomic mass is 10.0. The normalized spacial score (nSPS) is 18.5. The maximum atomic E-state index is 11.7. The molecule has 3 nitrogen and oxygen atoms in total. The fraction of sp³-hybridized carbons (Fsp3) is 0.400. The smallest absolute Gasteiger partial charge is 0.336 e. The number of ether oxygens (including phenoxy) is 2. The first-order chi connectivity index (χ1) is 8.81. The van der Waals surface area contributed by atoms with Crippen LogP contribution in [0.1, 0.15) is 18.9 Å². The van der Waals surface area contributed by atoms with E-state index >= 15 is 0 Å². The maximum absolute atomic E-state index is 11.7. The van der Waals surface area contributed by atoms with Gasteiger partial charge in [0.05, 0.1) is 24.9 Å². The summed E-state index contributed by atoms with van der Waals surface area (Å²) in [4.78, 5) is 11.7. The van der Waals surface area contributed by atoms with Gasteiger partial charge in [-0.25, -0.2) is 4.79 Å². The van der Waals surface area contributed by atoms with Crippen molar-refractivity contribution in [1.29, 1.82) is 0 Å². The van der Waals surface area contributed by atoms with Crippen LogP contribution >= 0.6 is 0 Å². The van der Waals surface area contributed by atoms with Crippen molar-refractivity contribution in [2.75, 3.05) is 13.2 Å². The monoisotopic (exact) mass is 246 g/mol. The highest BCUT2D eigenvalue weighted by Crippen LogP contribution is 2.21. The molecule has 0 fully saturated rings. The van der Waals surface area contributed by atoms with E-state index in [0.29, 0.717) is 18.8 Å². The summed E-state index contributed by atoms with van der Waals surface area (Å²) in [5, 5.41) is 0. The lowest BCUT2D eigenvalue weighted by Gasteiger charge is -2.13. The van der Waals surface area contributed by atoms with Crippen LogP contribution < -0.4 is 0 Å². The van der Waals surface area contributed by atoms with Crippen LogP contribution in [0.4, 0.5) is 0 Å². The summed E-state index contributed by atoms with van der Waals surface area (Å²) in [7, 11) is 0. The van der Waals surface area contributed by atoms with Crippen molar-refractivity contribution in [1.82, 2.24) is 0 Å². The molecule has 1 heterocycles. The Morgan fingerprint density at radius 3 is 2.89 bits per heavy atom. The van der Waals surface area contributed by atoms with Gasteiger partial charge in [-0.3, -0.25) is 0 Å². The van der Waals surface area contributed by atoms with E-state index in [1.54, 1.807) is 0 Å². The van der Waals surface area contributed by atoms with Gasteiger partial charge in [0.25, 0.3) is 0 Å². The quantitative estimate of drug-likeness (QED) is 0.749. The second kappa shape index (κ2) is 6.36. The molecule has 1 aliphatic rings. The van der Waals surface area contributed by atoms with Gasteiger partial charge in [-0.2, -0.15) is 0 Å². The summed E-state index contributed by atoms with van der Waals surface area (Å²) in [5.74, 6) is -0.243. The van der Waals surface area contributed by atoms with Crippen LogP contribution in [-0.2, 0) is 20.7 Å². The molecule has 0 saturated carbocycles. The zero-order chi connectivity index (χ0) is 12.8. The fourth-order valence-corrected chi connectivity index (χ4v) is 2.09. The molecule has 1 aromatic carbocycles. The van der Waals surface area contributed by atoms with Gasteiger partial charge in [-0.1, -0.05) is 30.3 Å². The van der Waals surface area contributed by atoms with E-state index in [-0.39, 0.29) is 12.1 Å². The molecule has 1 atom stereocenters. The standard InChI is InChI=1S/C15H18O3/c1-2-17-15(16)13-10-11-18-14(13)9-8-12-6-4-3-5-7-12/h3-7,10,14H,2,8-9,11H2,1H3. The van der Waals surface area contributed by atoms with E-state index in [0.717, 1.165) is 12.8 Å². The zero-order valence-electron chi connectivity index (χ0n) is 10.6. The number of rotatable bonds is 5. The van der Waals surface area contributed by atoms with Crippen LogP contribution in [0.2, 0.25) is 0 Å². The van der Waals surface area contributed by atoms with E-state index in [9.17, 15) is 4.79 Å². The third kappa shape index (κ3) is 3.20. The molecule has 0 radical (unpaired) electrons. The number of hydrogen-bond donors (Lipinski definition) is 0. The van der Waals surface area contributed by atoms with Gasteiger partial charge < -0.3 is 9.47 Å². The van der Waals surface area contributed by atoms with Gasteiger partial charge in [0.15, 0.2) is 0 Å². The van der Waals surface area contributed by atoms with E-state index in [1.165, 1.54) is 5.56 Å². The molecule has 2 rings (SSSR count). The Labute approximate surface area is 107 Å². The molecule has 0 saturated heterocycles. The predicted octanol–water partition coefficient (Wildman–Crippen LogP) is 2.51. The third-order valence-corrected chi connectivity index (χ3v) is 3.00. The molecule has 0 amide bonds. The van der Waals surface area contributed by atoms with E-state index < -0.39 is 0 Å². The summed E-state index contributed by atoms with van der Waals surface area (Å²) in [5.41, 5.74) is 1.93. The van der Waals surface area contributed by atoms with Crippen molar-refractivity contribution in [2.24, 2.45) is 0 Å². The van der Waals surface area contributed by atoms with Crippen LogP contribution in [0, 0.1) is 0 Å². The van der Waals surface area contributed by atoms with Gasteiger partial charge in [-0.05, 0) is 31.4 Å². The molecule has 1 aliphatic heterocycles. The van der Waals surface area contributed by atoms with Crippen LogP contribution in [0.25, 0.3) is 0 Å². The Morgan fingerprint density at radius 2 is 2.17 bits per heavy atom. The highest BCUT2D eigenvalue weighted by molar-refractivity contribution is 5.90. The third-order valence-electron chi connectivity index (χ3n) is 3.00. The molecular weight excluding hydrogens is 228 g/mol. The Balaban J connectivity index is 1.90. The van der Waals surface area contributed by atoms with Crippen molar-refractivity contribution in [2.45, 2.75) is 25.9 Å². The summed E-state index contributed by atoms with van der Waals surface area (Å²) < 4.78 is 10.6. The minimum Gasteiger partial charge on any atom is -0.463 e. The number of carbonyl (C=O) groups excluding carboxylic acids is 1. The molecule has 0 N–H and O–H groups in total. The van der Waals surface area contributed by atoms with Crippen molar-refractivity contribution >= 4 is 5.97 Å². The van der Waals surface area contributed by atoms with E-state index in [4.69, 9.17) is 9.47 Å². The molecular formula is C15H18O3. The summed E-state index contributed by atoms with van der Waals surface area (Å²) in [6.07, 6.45) is 3.43. The predicted molar refractivity (Wildman–Crippen MR) is 69.2 cm³/mol. The molecule has 18 heavy (non-hydrogen) atoms. The Hall–Kier alpha value is -1.61. The lowest BCUT2D eigenvalue weighted by Crippen LogP contribution is -2.19. The van der Waals surface area contributed by atoms with E-state index in [1.807, 2.05) is 31.2 Å². The van der Waals surface area contributed by atoms with Gasteiger partial charge >= 0.3 is 5.97 Å². The summed E-state index contributed by atoms with van der Waals surface area (Å²) in [6, 6.07) is 10.2. The van der Waals surface area contributed by atoms with Crippen LogP contribution in [0.3, 0.4) is 0 Å². The van der Waals surface area contributed by atoms with Crippen molar-refractivity contribution in [3.63, 3.8) is 0 Å². The minimum atomic E-state index is -0.243. The summed E-state index contributed by atoms with van der Waals surface area (Å²) in [6.45, 7) is 2.72. The SMILES string of the molecule is CCOC(=O)C1=CCOC1CCc1ccccc1. The molecule has 0 spiro atoms. The van der Waals surface area contributed by atoms with Gasteiger partial charge in [0, 0.05) is 0 Å². The highest BCUT2D eigenvalue weighted by Gasteiger charge is 2.26. The van der Waals surface area contributed by atoms with Gasteiger partial charge in [0.1, 0.15) is 0 Å². The first-order valence-corrected chi connectivity index (χ1v) is 6.34. The molecule has 1 unspecified atom stereocenters. The van der Waals surface area contributed by atoms with Crippen molar-refractivity contribution in [3.8, 4) is 0 Å². The highest BCUT2D eigenvalue weighted by atomic mass is 16.5. The van der Waals surface area contributed by atoms with Crippen LogP contribution in [0.5, 0.6) is 0 Å². The Kier molecular flexibility index (Phi) is 4.53. The Bertz CT molecular complexity index is 423. The second-order valence-corrected chi connectivity index (χ2v) is 4.23. The number of carbonyl (C=O) groups is 1. The largest absolute Gasteiger partial charge is 0.463 e. The fourth-order valence-electron chi connectivity index (χ4n) is 2.09. The van der Waals surface area contributed by atoms with Crippen LogP contribution in [0.15, 0.2) is 42.0 Å². The molecule has 0 bridgehead atoms. The second-order valence-electron chi connectivity index (χ2n) is 4.23. The first kappa shape index (κ1) is 12.8. The van der Waals surface area contributed by atoms with Gasteiger partial charge in [0.2, 0.25) is 0 Å². The summed E-state index contributed by atoms with van der Waals surface area (Å²) >= 11 is 0. The number of benzene rings is 1. The average molecular weight is 246 g/mol. The molecule has 1 aromatic rings. The molecule has 3 heteroatoms. The maximum Gasteiger partial charge on any atom is 0.336 e. The zero-order valence-corrected chi connectivity index (χ0v) is 10.6.